The van der Waals surface area contributed by atoms with E-state index in [9.17, 15) is 19.5 Å². The molecular weight excluding hydrogens is 613 g/mol. The van der Waals surface area contributed by atoms with Gasteiger partial charge in [-0.1, -0.05) is 36.4 Å². The fourth-order valence-electron chi connectivity index (χ4n) is 3.86. The lowest BCUT2D eigenvalue weighted by atomic mass is 10.1. The van der Waals surface area contributed by atoms with Gasteiger partial charge in [0.1, 0.15) is 0 Å². The second kappa shape index (κ2) is 12.6. The maximum atomic E-state index is 13.2. The first-order valence-corrected chi connectivity index (χ1v) is 13.2. The zero-order valence-corrected chi connectivity index (χ0v) is 23.5. The lowest BCUT2D eigenvalue weighted by Crippen LogP contribution is -2.28. The number of carbonyl (C=O) groups excluding carboxylic acids is 2. The van der Waals surface area contributed by atoms with Gasteiger partial charge in [0.25, 0.3) is 11.8 Å². The van der Waals surface area contributed by atoms with Crippen molar-refractivity contribution >= 4 is 57.8 Å². The molecule has 0 fully saturated rings. The summed E-state index contributed by atoms with van der Waals surface area (Å²) in [4.78, 5) is 36.9. The number of halogens is 1. The quantitative estimate of drug-likeness (QED) is 0.241. The van der Waals surface area contributed by atoms with Crippen LogP contribution < -0.4 is 19.8 Å². The van der Waals surface area contributed by atoms with Gasteiger partial charge in [0.05, 0.1) is 32.7 Å². The molecule has 1 heterocycles. The van der Waals surface area contributed by atoms with Gasteiger partial charge in [-0.25, -0.2) is 4.79 Å². The van der Waals surface area contributed by atoms with Crippen molar-refractivity contribution in [1.82, 2.24) is 5.32 Å². The topological polar surface area (TPSA) is 118 Å². The van der Waals surface area contributed by atoms with Crippen LogP contribution in [-0.2, 0) is 16.1 Å². The van der Waals surface area contributed by atoms with Crippen molar-refractivity contribution in [3.05, 3.63) is 92.6 Å². The second-order valence-electron chi connectivity index (χ2n) is 8.53. The van der Waals surface area contributed by atoms with Crippen molar-refractivity contribution in [3.63, 3.8) is 0 Å². The monoisotopic (exact) mass is 639 g/mol. The molecule has 1 aliphatic rings. The average molecular weight is 639 g/mol. The number of ether oxygens (including phenoxy) is 2. The van der Waals surface area contributed by atoms with Crippen LogP contribution in [0.3, 0.4) is 0 Å². The Morgan fingerprint density at radius 2 is 1.85 bits per heavy atom. The van der Waals surface area contributed by atoms with Crippen molar-refractivity contribution in [3.8, 4) is 11.5 Å². The molecule has 0 aliphatic carbocycles. The van der Waals surface area contributed by atoms with E-state index in [0.29, 0.717) is 50.8 Å². The third-order valence-corrected chi connectivity index (χ3v) is 6.52. The summed E-state index contributed by atoms with van der Waals surface area (Å²) in [5.41, 5.74) is 2.95. The summed E-state index contributed by atoms with van der Waals surface area (Å²) < 4.78 is 12.3. The summed E-state index contributed by atoms with van der Waals surface area (Å²) in [5.74, 6) is -0.853. The van der Waals surface area contributed by atoms with Crippen LogP contribution in [0.5, 0.6) is 11.5 Å². The van der Waals surface area contributed by atoms with E-state index in [1.165, 1.54) is 17.1 Å². The summed E-state index contributed by atoms with van der Waals surface area (Å²) >= 11 is 2.10. The van der Waals surface area contributed by atoms with Gasteiger partial charge < -0.3 is 19.9 Å². The molecule has 2 amide bonds. The second-order valence-corrected chi connectivity index (χ2v) is 9.69. The van der Waals surface area contributed by atoms with Gasteiger partial charge in [0, 0.05) is 6.54 Å². The van der Waals surface area contributed by atoms with Crippen LogP contribution in [-0.4, -0.2) is 41.8 Å². The number of anilines is 1. The van der Waals surface area contributed by atoms with E-state index >= 15 is 0 Å². The van der Waals surface area contributed by atoms with Gasteiger partial charge in [0.2, 0.25) is 0 Å². The Balaban J connectivity index is 1.51. The van der Waals surface area contributed by atoms with E-state index in [4.69, 9.17) is 9.47 Å². The predicted molar refractivity (Wildman–Crippen MR) is 156 cm³/mol. The number of nitrogens with one attached hydrogen (secondary N) is 1. The van der Waals surface area contributed by atoms with E-state index in [-0.39, 0.29) is 24.0 Å². The van der Waals surface area contributed by atoms with Gasteiger partial charge in [-0.05, 0) is 84.0 Å². The molecule has 4 rings (SSSR count). The number of carboxylic acids is 1. The molecule has 200 valence electrons. The molecule has 39 heavy (non-hydrogen) atoms. The van der Waals surface area contributed by atoms with Gasteiger partial charge in [0.15, 0.2) is 18.1 Å². The molecule has 9 nitrogen and oxygen atoms in total. The molecule has 0 spiro atoms. The van der Waals surface area contributed by atoms with E-state index in [0.717, 1.165) is 5.56 Å². The van der Waals surface area contributed by atoms with E-state index in [1.807, 2.05) is 43.3 Å². The molecule has 0 saturated heterocycles. The Morgan fingerprint density at radius 3 is 2.56 bits per heavy atom. The van der Waals surface area contributed by atoms with E-state index < -0.39 is 5.97 Å². The summed E-state index contributed by atoms with van der Waals surface area (Å²) in [7, 11) is 0. The zero-order valence-electron chi connectivity index (χ0n) is 21.3. The predicted octanol–water partition coefficient (Wildman–Crippen LogP) is 4.89. The minimum Gasteiger partial charge on any atom is -0.490 e. The molecule has 0 atom stereocenters. The van der Waals surface area contributed by atoms with Crippen molar-refractivity contribution in [2.75, 3.05) is 18.2 Å². The van der Waals surface area contributed by atoms with Crippen molar-refractivity contribution in [2.24, 2.45) is 5.10 Å². The highest BCUT2D eigenvalue weighted by atomic mass is 127. The lowest BCUT2D eigenvalue weighted by Gasteiger charge is -2.15. The summed E-state index contributed by atoms with van der Waals surface area (Å²) in [6.45, 7) is 4.15. The van der Waals surface area contributed by atoms with Crippen LogP contribution in [0.1, 0.15) is 35.3 Å². The number of hydrogen-bond acceptors (Lipinski definition) is 6. The fraction of sp³-hybridized carbons (Fsp3) is 0.172. The maximum absolute atomic E-state index is 13.2. The molecule has 0 bridgehead atoms. The summed E-state index contributed by atoms with van der Waals surface area (Å²) in [5, 5.41) is 17.6. The minimum absolute atomic E-state index is 0.0610. The minimum atomic E-state index is -1.09. The highest BCUT2D eigenvalue weighted by Gasteiger charge is 2.29. The number of hydrogen-bond donors (Lipinski definition) is 2. The molecule has 3 aromatic carbocycles. The number of rotatable bonds is 10. The normalized spacial score (nSPS) is 13.8. The van der Waals surface area contributed by atoms with Crippen LogP contribution in [0.4, 0.5) is 5.69 Å². The Bertz CT molecular complexity index is 1470. The Hall–Kier alpha value is -4.19. The van der Waals surface area contributed by atoms with Crippen LogP contribution in [0.2, 0.25) is 0 Å². The third kappa shape index (κ3) is 6.82. The fourth-order valence-corrected chi connectivity index (χ4v) is 4.64. The summed E-state index contributed by atoms with van der Waals surface area (Å²) in [6.07, 6.45) is 1.70. The van der Waals surface area contributed by atoms with Crippen LogP contribution in [0.15, 0.2) is 77.4 Å². The first-order valence-electron chi connectivity index (χ1n) is 12.1. The lowest BCUT2D eigenvalue weighted by molar-refractivity contribution is -0.123. The first-order chi connectivity index (χ1) is 18.8. The molecule has 0 radical (unpaired) electrons. The smallest absolute Gasteiger partial charge is 0.335 e. The number of benzene rings is 3. The van der Waals surface area contributed by atoms with Gasteiger partial charge >= 0.3 is 5.97 Å². The molecule has 0 saturated carbocycles. The van der Waals surface area contributed by atoms with Crippen molar-refractivity contribution in [2.45, 2.75) is 20.4 Å². The Morgan fingerprint density at radius 1 is 1.08 bits per heavy atom. The number of nitrogens with zero attached hydrogens (tertiary/aromatic N) is 2. The highest BCUT2D eigenvalue weighted by Crippen LogP contribution is 2.35. The Kier molecular flexibility index (Phi) is 8.97. The first kappa shape index (κ1) is 27.8. The highest BCUT2D eigenvalue weighted by molar-refractivity contribution is 14.1. The van der Waals surface area contributed by atoms with Gasteiger partial charge in [-0.3, -0.25) is 9.59 Å². The number of aromatic carboxylic acids is 1. The zero-order chi connectivity index (χ0) is 27.9. The average Bonchev–Trinajstić information content (AvgIpc) is 3.20. The number of amides is 2. The SMILES string of the molecule is CCOc1cc(/C=C2/C(=O)N(c3cccc(C(=O)O)c3)N=C2C)cc(I)c1OCC(=O)NCc1ccccc1. The molecule has 3 aromatic rings. The molecule has 0 unspecified atom stereocenters. The standard InChI is InChI=1S/C29H26IN3O6/c1-3-38-25-14-20(13-24(30)27(25)39-17-26(34)31-16-19-8-5-4-6-9-19)12-23-18(2)32-33(28(23)35)22-11-7-10-21(15-22)29(36)37/h4-15H,3,16-17H2,1-2H3,(H,31,34)(H,36,37)/b23-12+. The molecule has 1 aliphatic heterocycles. The largest absolute Gasteiger partial charge is 0.490 e. The maximum Gasteiger partial charge on any atom is 0.335 e. The van der Waals surface area contributed by atoms with Gasteiger partial charge in [-0.2, -0.15) is 10.1 Å². The molecule has 0 aromatic heterocycles. The number of carbonyl (C=O) groups is 3. The summed E-state index contributed by atoms with van der Waals surface area (Å²) in [6, 6.07) is 19.2. The number of carboxylic acid groups (broad SMARTS) is 1. The van der Waals surface area contributed by atoms with E-state index in [2.05, 4.69) is 33.0 Å². The van der Waals surface area contributed by atoms with Crippen molar-refractivity contribution in [1.29, 1.82) is 0 Å². The van der Waals surface area contributed by atoms with Gasteiger partial charge in [-0.15, -0.1) is 0 Å². The third-order valence-electron chi connectivity index (χ3n) is 5.72. The van der Waals surface area contributed by atoms with Crippen LogP contribution in [0, 0.1) is 3.57 Å². The molecular formula is C29H26IN3O6. The van der Waals surface area contributed by atoms with E-state index in [1.54, 1.807) is 31.2 Å². The van der Waals surface area contributed by atoms with Crippen LogP contribution in [0.25, 0.3) is 6.08 Å². The van der Waals surface area contributed by atoms with Crippen molar-refractivity contribution < 1.29 is 29.0 Å². The van der Waals surface area contributed by atoms with Crippen LogP contribution >= 0.6 is 22.6 Å². The Labute approximate surface area is 239 Å². The molecule has 2 N–H and O–H groups in total. The molecule has 10 heteroatoms. The number of hydrazone groups is 1.